The molecule has 1 heterocycles. The number of carbonyl (C=O) groups is 1. The fourth-order valence-electron chi connectivity index (χ4n) is 1.68. The summed E-state index contributed by atoms with van der Waals surface area (Å²) in [6.07, 6.45) is 1.69. The minimum absolute atomic E-state index is 0.205. The van der Waals surface area contributed by atoms with Crippen molar-refractivity contribution < 1.29 is 9.90 Å². The summed E-state index contributed by atoms with van der Waals surface area (Å²) in [4.78, 5) is 11.0. The highest BCUT2D eigenvalue weighted by Crippen LogP contribution is 2.25. The maximum atomic E-state index is 11.0. The van der Waals surface area contributed by atoms with Crippen LogP contribution in [0.15, 0.2) is 36.5 Å². The van der Waals surface area contributed by atoms with Crippen molar-refractivity contribution in [2.24, 2.45) is 0 Å². The van der Waals surface area contributed by atoms with Crippen molar-refractivity contribution in [2.75, 3.05) is 0 Å². The largest absolute Gasteiger partial charge is 0.477 e. The van der Waals surface area contributed by atoms with E-state index >= 15 is 0 Å². The van der Waals surface area contributed by atoms with E-state index in [1.54, 1.807) is 29.0 Å². The van der Waals surface area contributed by atoms with Gasteiger partial charge >= 0.3 is 5.97 Å². The molecule has 0 aliphatic carbocycles. The van der Waals surface area contributed by atoms with Crippen LogP contribution in [0.3, 0.4) is 0 Å². The van der Waals surface area contributed by atoms with Gasteiger partial charge < -0.3 is 9.67 Å². The summed E-state index contributed by atoms with van der Waals surface area (Å²) in [5.74, 6) is -0.968. The van der Waals surface area contributed by atoms with Crippen molar-refractivity contribution in [3.63, 3.8) is 0 Å². The van der Waals surface area contributed by atoms with E-state index < -0.39 is 5.97 Å². The van der Waals surface area contributed by atoms with Crippen molar-refractivity contribution in [2.45, 2.75) is 6.92 Å². The Balaban J connectivity index is 2.68. The smallest absolute Gasteiger partial charge is 0.352 e. The van der Waals surface area contributed by atoms with E-state index in [1.165, 1.54) is 0 Å². The molecule has 16 heavy (non-hydrogen) atoms. The van der Waals surface area contributed by atoms with Gasteiger partial charge in [-0.25, -0.2) is 4.79 Å². The highest BCUT2D eigenvalue weighted by molar-refractivity contribution is 6.32. The van der Waals surface area contributed by atoms with Crippen LogP contribution in [0.2, 0.25) is 5.02 Å². The standard InChI is InChI=1S/C12H10ClNO2/c1-8-4-2-5-9(13)11(8)14-7-3-6-10(14)12(15)16/h2-7H,1H3,(H,15,16). The first-order valence-electron chi connectivity index (χ1n) is 4.77. The van der Waals surface area contributed by atoms with Gasteiger partial charge in [0.1, 0.15) is 5.69 Å². The molecule has 0 fully saturated rings. The third kappa shape index (κ3) is 1.70. The van der Waals surface area contributed by atoms with Crippen LogP contribution < -0.4 is 0 Å². The molecule has 2 aromatic rings. The van der Waals surface area contributed by atoms with E-state index in [4.69, 9.17) is 16.7 Å². The van der Waals surface area contributed by atoms with Crippen LogP contribution in [0, 0.1) is 6.92 Å². The predicted octanol–water partition coefficient (Wildman–Crippen LogP) is 3.14. The number of nitrogens with zero attached hydrogens (tertiary/aromatic N) is 1. The van der Waals surface area contributed by atoms with Crippen LogP contribution >= 0.6 is 11.6 Å². The highest BCUT2D eigenvalue weighted by Gasteiger charge is 2.13. The maximum absolute atomic E-state index is 11.0. The number of hydrogen-bond acceptors (Lipinski definition) is 1. The molecule has 3 nitrogen and oxygen atoms in total. The molecular formula is C12H10ClNO2. The molecule has 0 aliphatic heterocycles. The van der Waals surface area contributed by atoms with Crippen LogP contribution in [0.1, 0.15) is 16.1 Å². The number of aromatic carboxylic acids is 1. The van der Waals surface area contributed by atoms with Gasteiger partial charge in [-0.2, -0.15) is 0 Å². The van der Waals surface area contributed by atoms with Crippen molar-refractivity contribution in [3.8, 4) is 5.69 Å². The van der Waals surface area contributed by atoms with Gasteiger partial charge in [-0.05, 0) is 30.7 Å². The number of halogens is 1. The average molecular weight is 236 g/mol. The molecule has 0 unspecified atom stereocenters. The Morgan fingerprint density at radius 3 is 2.69 bits per heavy atom. The third-order valence-electron chi connectivity index (χ3n) is 2.40. The molecule has 1 aromatic carbocycles. The van der Waals surface area contributed by atoms with Gasteiger partial charge in [0.05, 0.1) is 10.7 Å². The topological polar surface area (TPSA) is 42.2 Å². The van der Waals surface area contributed by atoms with Crippen LogP contribution in [-0.2, 0) is 0 Å². The van der Waals surface area contributed by atoms with Crippen molar-refractivity contribution in [1.82, 2.24) is 4.57 Å². The molecule has 4 heteroatoms. The number of benzene rings is 1. The molecule has 0 atom stereocenters. The number of carboxylic acid groups (broad SMARTS) is 1. The molecule has 0 spiro atoms. The summed E-state index contributed by atoms with van der Waals surface area (Å²) in [5, 5.41) is 9.57. The average Bonchev–Trinajstić information content (AvgIpc) is 2.66. The second kappa shape index (κ2) is 4.02. The van der Waals surface area contributed by atoms with Gasteiger partial charge in [0.15, 0.2) is 0 Å². The SMILES string of the molecule is Cc1cccc(Cl)c1-n1cccc1C(=O)O. The summed E-state index contributed by atoms with van der Waals surface area (Å²) in [5.41, 5.74) is 1.86. The molecule has 0 saturated carbocycles. The van der Waals surface area contributed by atoms with Crippen LogP contribution in [-0.4, -0.2) is 15.6 Å². The van der Waals surface area contributed by atoms with E-state index in [0.29, 0.717) is 10.7 Å². The number of aromatic nitrogens is 1. The van der Waals surface area contributed by atoms with E-state index in [2.05, 4.69) is 0 Å². The normalized spacial score (nSPS) is 10.4. The summed E-state index contributed by atoms with van der Waals surface area (Å²) in [7, 11) is 0. The Morgan fingerprint density at radius 2 is 2.06 bits per heavy atom. The van der Waals surface area contributed by atoms with Crippen LogP contribution in [0.5, 0.6) is 0 Å². The Morgan fingerprint density at radius 1 is 1.31 bits per heavy atom. The Bertz CT molecular complexity index is 525. The lowest BCUT2D eigenvalue weighted by Crippen LogP contribution is -2.07. The quantitative estimate of drug-likeness (QED) is 0.869. The monoisotopic (exact) mass is 235 g/mol. The van der Waals surface area contributed by atoms with Crippen molar-refractivity contribution in [3.05, 3.63) is 52.8 Å². The first-order valence-corrected chi connectivity index (χ1v) is 5.15. The second-order valence-electron chi connectivity index (χ2n) is 3.47. The van der Waals surface area contributed by atoms with Crippen LogP contribution in [0.25, 0.3) is 5.69 Å². The minimum Gasteiger partial charge on any atom is -0.477 e. The maximum Gasteiger partial charge on any atom is 0.352 e. The molecule has 1 N–H and O–H groups in total. The Kier molecular flexibility index (Phi) is 2.71. The molecule has 2 rings (SSSR count). The molecule has 1 aromatic heterocycles. The molecule has 82 valence electrons. The Hall–Kier alpha value is -1.74. The summed E-state index contributed by atoms with van der Waals surface area (Å²) < 4.78 is 1.58. The zero-order valence-electron chi connectivity index (χ0n) is 8.64. The molecule has 0 aliphatic rings. The molecule has 0 radical (unpaired) electrons. The summed E-state index contributed by atoms with van der Waals surface area (Å²) >= 11 is 6.08. The molecule has 0 amide bonds. The first-order chi connectivity index (χ1) is 7.61. The number of carboxylic acids is 1. The number of rotatable bonds is 2. The lowest BCUT2D eigenvalue weighted by molar-refractivity contribution is 0.0688. The highest BCUT2D eigenvalue weighted by atomic mass is 35.5. The van der Waals surface area contributed by atoms with Gasteiger partial charge in [0.2, 0.25) is 0 Å². The minimum atomic E-state index is -0.968. The number of hydrogen-bond donors (Lipinski definition) is 1. The zero-order valence-corrected chi connectivity index (χ0v) is 9.40. The molecular weight excluding hydrogens is 226 g/mol. The van der Waals surface area contributed by atoms with E-state index in [-0.39, 0.29) is 5.69 Å². The van der Waals surface area contributed by atoms with Crippen molar-refractivity contribution >= 4 is 17.6 Å². The van der Waals surface area contributed by atoms with Gasteiger partial charge in [-0.3, -0.25) is 0 Å². The fraction of sp³-hybridized carbons (Fsp3) is 0.0833. The second-order valence-corrected chi connectivity index (χ2v) is 3.88. The first kappa shape index (κ1) is 10.8. The van der Waals surface area contributed by atoms with Gasteiger partial charge in [-0.15, -0.1) is 0 Å². The lowest BCUT2D eigenvalue weighted by atomic mass is 10.2. The van der Waals surface area contributed by atoms with Crippen molar-refractivity contribution in [1.29, 1.82) is 0 Å². The molecule has 0 saturated heterocycles. The summed E-state index contributed by atoms with van der Waals surface area (Å²) in [6.45, 7) is 1.90. The fourth-order valence-corrected chi connectivity index (χ4v) is 1.99. The number of aryl methyl sites for hydroxylation is 1. The van der Waals surface area contributed by atoms with Crippen LogP contribution in [0.4, 0.5) is 0 Å². The van der Waals surface area contributed by atoms with E-state index in [0.717, 1.165) is 5.56 Å². The van der Waals surface area contributed by atoms with E-state index in [9.17, 15) is 4.79 Å². The lowest BCUT2D eigenvalue weighted by Gasteiger charge is -2.11. The van der Waals surface area contributed by atoms with Gasteiger partial charge in [-0.1, -0.05) is 23.7 Å². The third-order valence-corrected chi connectivity index (χ3v) is 2.70. The van der Waals surface area contributed by atoms with Gasteiger partial charge in [0, 0.05) is 6.20 Å². The molecule has 0 bridgehead atoms. The predicted molar refractivity (Wildman–Crippen MR) is 62.5 cm³/mol. The van der Waals surface area contributed by atoms with E-state index in [1.807, 2.05) is 19.1 Å². The summed E-state index contributed by atoms with van der Waals surface area (Å²) in [6, 6.07) is 8.71. The zero-order chi connectivity index (χ0) is 11.7. The number of para-hydroxylation sites is 1. The Labute approximate surface area is 97.9 Å². The van der Waals surface area contributed by atoms with Gasteiger partial charge in [0.25, 0.3) is 0 Å².